The molecule has 0 aliphatic heterocycles. The summed E-state index contributed by atoms with van der Waals surface area (Å²) in [6.45, 7) is 4.25. The Kier molecular flexibility index (Phi) is 12.7. The van der Waals surface area contributed by atoms with Crippen LogP contribution in [-0.4, -0.2) is 32.2 Å². The van der Waals surface area contributed by atoms with Crippen LogP contribution in [0.25, 0.3) is 0 Å². The van der Waals surface area contributed by atoms with Crippen LogP contribution in [0.4, 0.5) is 0 Å². The Balaban J connectivity index is 0. The summed E-state index contributed by atoms with van der Waals surface area (Å²) in [7, 11) is 0. The molecule has 0 aromatic carbocycles. The number of nitrogens with one attached hydrogen (secondary N) is 1. The van der Waals surface area contributed by atoms with E-state index < -0.39 is 0 Å². The molecule has 0 saturated carbocycles. The molecule has 3 N–H and O–H groups in total. The van der Waals surface area contributed by atoms with Gasteiger partial charge < -0.3 is 15.8 Å². The van der Waals surface area contributed by atoms with Gasteiger partial charge in [-0.05, 0) is 6.92 Å². The van der Waals surface area contributed by atoms with E-state index in [4.69, 9.17) is 10.5 Å². The van der Waals surface area contributed by atoms with Crippen molar-refractivity contribution in [2.45, 2.75) is 13.3 Å². The second kappa shape index (κ2) is 10.7. The summed E-state index contributed by atoms with van der Waals surface area (Å²) >= 11 is 0. The molecule has 0 radical (unpaired) electrons. The predicted octanol–water partition coefficient (Wildman–Crippen LogP) is -0.0903. The van der Waals surface area contributed by atoms with Crippen molar-refractivity contribution < 1.29 is 9.53 Å². The van der Waals surface area contributed by atoms with E-state index in [0.29, 0.717) is 26.1 Å². The van der Waals surface area contributed by atoms with Gasteiger partial charge in [0.15, 0.2) is 0 Å². The van der Waals surface area contributed by atoms with Crippen molar-refractivity contribution in [3.63, 3.8) is 0 Å². The first kappa shape index (κ1) is 14.2. The highest BCUT2D eigenvalue weighted by atomic mass is 35.5. The molecule has 0 atom stereocenters. The van der Waals surface area contributed by atoms with E-state index >= 15 is 0 Å². The summed E-state index contributed by atoms with van der Waals surface area (Å²) in [5, 5.41) is 3.00. The fourth-order valence-electron chi connectivity index (χ4n) is 0.651. The van der Waals surface area contributed by atoms with Gasteiger partial charge in [-0.25, -0.2) is 0 Å². The van der Waals surface area contributed by atoms with E-state index in [9.17, 15) is 4.79 Å². The molecule has 0 aromatic heterocycles. The van der Waals surface area contributed by atoms with Gasteiger partial charge in [0.05, 0.1) is 13.0 Å². The van der Waals surface area contributed by atoms with E-state index in [1.807, 2.05) is 0 Å². The number of nitrogens with two attached hydrogens (primary N) is 1. The van der Waals surface area contributed by atoms with Crippen molar-refractivity contribution in [2.24, 2.45) is 5.73 Å². The minimum Gasteiger partial charge on any atom is -0.466 e. The van der Waals surface area contributed by atoms with Crippen molar-refractivity contribution in [1.29, 1.82) is 0 Å². The number of halogens is 1. The van der Waals surface area contributed by atoms with Crippen molar-refractivity contribution >= 4 is 18.4 Å². The highest BCUT2D eigenvalue weighted by Crippen LogP contribution is 1.82. The maximum atomic E-state index is 10.7. The van der Waals surface area contributed by atoms with Gasteiger partial charge in [0, 0.05) is 19.6 Å². The monoisotopic (exact) mass is 196 g/mol. The lowest BCUT2D eigenvalue weighted by Crippen LogP contribution is -2.25. The van der Waals surface area contributed by atoms with E-state index in [1.165, 1.54) is 0 Å². The Hall–Kier alpha value is -0.320. The molecule has 0 aromatic rings. The molecule has 0 spiro atoms. The molecule has 0 unspecified atom stereocenters. The summed E-state index contributed by atoms with van der Waals surface area (Å²) in [5.74, 6) is -0.156. The number of hydrogen-bond donors (Lipinski definition) is 2. The summed E-state index contributed by atoms with van der Waals surface area (Å²) in [4.78, 5) is 10.7. The summed E-state index contributed by atoms with van der Waals surface area (Å²) < 4.78 is 4.71. The number of hydrogen-bond acceptors (Lipinski definition) is 4. The van der Waals surface area contributed by atoms with Crippen LogP contribution < -0.4 is 11.1 Å². The molecular formula is C7H17ClN2O2. The van der Waals surface area contributed by atoms with Gasteiger partial charge in [-0.1, -0.05) is 0 Å². The first-order chi connectivity index (χ1) is 5.31. The quantitative estimate of drug-likeness (QED) is 0.461. The van der Waals surface area contributed by atoms with Crippen LogP contribution in [0.5, 0.6) is 0 Å². The van der Waals surface area contributed by atoms with Crippen molar-refractivity contribution in [3.8, 4) is 0 Å². The third kappa shape index (κ3) is 9.68. The molecule has 0 amide bonds. The van der Waals surface area contributed by atoms with Gasteiger partial charge in [-0.2, -0.15) is 0 Å². The van der Waals surface area contributed by atoms with E-state index in [-0.39, 0.29) is 18.4 Å². The smallest absolute Gasteiger partial charge is 0.307 e. The lowest BCUT2D eigenvalue weighted by atomic mass is 10.4. The largest absolute Gasteiger partial charge is 0.466 e. The molecule has 0 fully saturated rings. The normalized spacial score (nSPS) is 8.83. The van der Waals surface area contributed by atoms with E-state index in [1.54, 1.807) is 6.92 Å². The zero-order chi connectivity index (χ0) is 8.53. The predicted molar refractivity (Wildman–Crippen MR) is 50.4 cm³/mol. The van der Waals surface area contributed by atoms with E-state index in [2.05, 4.69) is 5.32 Å². The molecule has 0 aliphatic carbocycles. The minimum absolute atomic E-state index is 0. The first-order valence-electron chi connectivity index (χ1n) is 3.87. The zero-order valence-electron chi connectivity index (χ0n) is 7.34. The molecule has 0 rings (SSSR count). The van der Waals surface area contributed by atoms with Crippen molar-refractivity contribution in [3.05, 3.63) is 0 Å². The Labute approximate surface area is 79.2 Å². The summed E-state index contributed by atoms with van der Waals surface area (Å²) in [5.41, 5.74) is 5.23. The Morgan fingerprint density at radius 1 is 1.50 bits per heavy atom. The maximum Gasteiger partial charge on any atom is 0.307 e. The van der Waals surface area contributed by atoms with Crippen LogP contribution in [-0.2, 0) is 9.53 Å². The van der Waals surface area contributed by atoms with Gasteiger partial charge in [0.2, 0.25) is 0 Å². The molecule has 0 bridgehead atoms. The zero-order valence-corrected chi connectivity index (χ0v) is 8.15. The van der Waals surface area contributed by atoms with E-state index in [0.717, 1.165) is 6.54 Å². The van der Waals surface area contributed by atoms with Gasteiger partial charge in [-0.15, -0.1) is 12.4 Å². The van der Waals surface area contributed by atoms with Gasteiger partial charge >= 0.3 is 5.97 Å². The van der Waals surface area contributed by atoms with Gasteiger partial charge in [-0.3, -0.25) is 4.79 Å². The molecule has 5 heteroatoms. The van der Waals surface area contributed by atoms with Crippen LogP contribution in [0.3, 0.4) is 0 Å². The topological polar surface area (TPSA) is 64.3 Å². The van der Waals surface area contributed by atoms with Crippen LogP contribution in [0.2, 0.25) is 0 Å². The number of ether oxygens (including phenoxy) is 1. The number of rotatable bonds is 6. The van der Waals surface area contributed by atoms with Gasteiger partial charge in [0.1, 0.15) is 0 Å². The first-order valence-corrected chi connectivity index (χ1v) is 3.87. The molecular weight excluding hydrogens is 180 g/mol. The van der Waals surface area contributed by atoms with Crippen LogP contribution in [0.1, 0.15) is 13.3 Å². The molecule has 12 heavy (non-hydrogen) atoms. The average Bonchev–Trinajstić information content (AvgIpc) is 1.99. The van der Waals surface area contributed by atoms with Crippen molar-refractivity contribution in [2.75, 3.05) is 26.2 Å². The molecule has 0 saturated heterocycles. The minimum atomic E-state index is -0.156. The third-order valence-corrected chi connectivity index (χ3v) is 1.13. The van der Waals surface area contributed by atoms with Gasteiger partial charge in [0.25, 0.3) is 0 Å². The molecule has 0 aliphatic rings. The van der Waals surface area contributed by atoms with Crippen LogP contribution >= 0.6 is 12.4 Å². The highest BCUT2D eigenvalue weighted by molar-refractivity contribution is 5.85. The lowest BCUT2D eigenvalue weighted by Gasteiger charge is -2.02. The summed E-state index contributed by atoms with van der Waals surface area (Å²) in [6.07, 6.45) is 0.424. The fourth-order valence-corrected chi connectivity index (χ4v) is 0.651. The summed E-state index contributed by atoms with van der Waals surface area (Å²) in [6, 6.07) is 0. The Morgan fingerprint density at radius 2 is 2.17 bits per heavy atom. The molecule has 74 valence electrons. The van der Waals surface area contributed by atoms with Crippen LogP contribution in [0, 0.1) is 0 Å². The second-order valence-corrected chi connectivity index (χ2v) is 2.09. The standard InChI is InChI=1S/C7H16N2O2.ClH/c1-2-11-7(10)3-5-9-6-4-8;/h9H,2-6,8H2,1H3;1H. The Bertz CT molecular complexity index is 112. The van der Waals surface area contributed by atoms with Crippen molar-refractivity contribution in [1.82, 2.24) is 5.32 Å². The number of esters is 1. The second-order valence-electron chi connectivity index (χ2n) is 2.09. The number of carbonyl (C=O) groups is 1. The maximum absolute atomic E-state index is 10.7. The average molecular weight is 197 g/mol. The number of carbonyl (C=O) groups excluding carboxylic acids is 1. The molecule has 4 nitrogen and oxygen atoms in total. The van der Waals surface area contributed by atoms with Crippen LogP contribution in [0.15, 0.2) is 0 Å². The highest BCUT2D eigenvalue weighted by Gasteiger charge is 1.98. The fraction of sp³-hybridized carbons (Fsp3) is 0.857. The molecule has 0 heterocycles. The Morgan fingerprint density at radius 3 is 2.67 bits per heavy atom. The third-order valence-electron chi connectivity index (χ3n) is 1.13. The SMILES string of the molecule is CCOC(=O)CCNCCN.Cl. The lowest BCUT2D eigenvalue weighted by molar-refractivity contribution is -0.142.